The second-order valence-electron chi connectivity index (χ2n) is 6.39. The molecular weight excluding hydrogens is 364 g/mol. The Balaban J connectivity index is 1.77. The first-order valence-electron chi connectivity index (χ1n) is 8.92. The van der Waals surface area contributed by atoms with Crippen molar-refractivity contribution in [2.24, 2.45) is 0 Å². The number of nitrogens with one attached hydrogen (secondary N) is 3. The van der Waals surface area contributed by atoms with E-state index in [4.69, 9.17) is 0 Å². The molecule has 0 unspecified atom stereocenters. The van der Waals surface area contributed by atoms with Gasteiger partial charge in [-0.3, -0.25) is 10.2 Å². The standard InChI is InChI=1S/C19H24N4O3S/c24-19(21-23-13-11-20-12-14-23)18(15-16-7-3-1-4-8-16)22-27(25,26)17-9-5-2-6-10-17/h1-10,18,20,22H,11-15H2,(H,21,24)/t18-/m0/s1. The zero-order valence-corrected chi connectivity index (χ0v) is 15.8. The highest BCUT2D eigenvalue weighted by atomic mass is 32.2. The quantitative estimate of drug-likeness (QED) is 0.643. The number of benzene rings is 2. The van der Waals surface area contributed by atoms with Gasteiger partial charge in [0.05, 0.1) is 4.90 Å². The number of carbonyl (C=O) groups is 1. The number of nitrogens with zero attached hydrogens (tertiary/aromatic N) is 1. The van der Waals surface area contributed by atoms with Gasteiger partial charge in [-0.25, -0.2) is 13.4 Å². The molecule has 1 aliphatic rings. The van der Waals surface area contributed by atoms with Crippen molar-refractivity contribution < 1.29 is 13.2 Å². The van der Waals surface area contributed by atoms with Crippen molar-refractivity contribution in [1.29, 1.82) is 0 Å². The van der Waals surface area contributed by atoms with Crippen molar-refractivity contribution in [3.05, 3.63) is 66.2 Å². The van der Waals surface area contributed by atoms with Crippen molar-refractivity contribution in [3.8, 4) is 0 Å². The lowest BCUT2D eigenvalue weighted by Gasteiger charge is -2.29. The minimum Gasteiger partial charge on any atom is -0.314 e. The molecule has 3 N–H and O–H groups in total. The number of hydrazine groups is 1. The minimum absolute atomic E-state index is 0.137. The number of hydrogen-bond donors (Lipinski definition) is 3. The van der Waals surface area contributed by atoms with E-state index in [0.717, 1.165) is 18.7 Å². The molecule has 1 fully saturated rings. The molecule has 27 heavy (non-hydrogen) atoms. The maximum atomic E-state index is 12.8. The van der Waals surface area contributed by atoms with Gasteiger partial charge in [-0.05, 0) is 24.1 Å². The van der Waals surface area contributed by atoms with Gasteiger partial charge >= 0.3 is 0 Å². The highest BCUT2D eigenvalue weighted by molar-refractivity contribution is 7.89. The molecule has 1 aliphatic heterocycles. The topological polar surface area (TPSA) is 90.5 Å². The van der Waals surface area contributed by atoms with Gasteiger partial charge in [0.2, 0.25) is 10.0 Å². The molecule has 0 saturated carbocycles. The van der Waals surface area contributed by atoms with E-state index in [1.165, 1.54) is 12.1 Å². The summed E-state index contributed by atoms with van der Waals surface area (Å²) in [6.45, 7) is 2.91. The second kappa shape index (κ2) is 9.09. The molecule has 2 aromatic rings. The van der Waals surface area contributed by atoms with Gasteiger partial charge in [-0.2, -0.15) is 4.72 Å². The molecule has 0 spiro atoms. The Kier molecular flexibility index (Phi) is 6.57. The molecule has 1 heterocycles. The molecular formula is C19H24N4O3S. The van der Waals surface area contributed by atoms with Crippen LogP contribution in [0.3, 0.4) is 0 Å². The van der Waals surface area contributed by atoms with Crippen LogP contribution in [0.2, 0.25) is 0 Å². The number of sulfonamides is 1. The third-order valence-corrected chi connectivity index (χ3v) is 5.82. The second-order valence-corrected chi connectivity index (χ2v) is 8.10. The lowest BCUT2D eigenvalue weighted by atomic mass is 10.1. The van der Waals surface area contributed by atoms with Crippen molar-refractivity contribution in [3.63, 3.8) is 0 Å². The predicted octanol–water partition coefficient (Wildman–Crippen LogP) is 0.513. The van der Waals surface area contributed by atoms with E-state index in [-0.39, 0.29) is 17.2 Å². The van der Waals surface area contributed by atoms with Crippen LogP contribution in [0, 0.1) is 0 Å². The first-order valence-corrected chi connectivity index (χ1v) is 10.4. The SMILES string of the molecule is O=C(NN1CCNCC1)[C@H](Cc1ccccc1)NS(=O)(=O)c1ccccc1. The Bertz CT molecular complexity index is 838. The Labute approximate surface area is 159 Å². The van der Waals surface area contributed by atoms with E-state index >= 15 is 0 Å². The molecule has 0 bridgehead atoms. The van der Waals surface area contributed by atoms with Crippen molar-refractivity contribution >= 4 is 15.9 Å². The third-order valence-electron chi connectivity index (χ3n) is 4.34. The first kappa shape index (κ1) is 19.5. The van der Waals surface area contributed by atoms with Crippen LogP contribution in [-0.4, -0.2) is 51.6 Å². The van der Waals surface area contributed by atoms with E-state index in [0.29, 0.717) is 13.1 Å². The number of piperazine rings is 1. The maximum Gasteiger partial charge on any atom is 0.252 e. The average Bonchev–Trinajstić information content (AvgIpc) is 2.69. The summed E-state index contributed by atoms with van der Waals surface area (Å²) < 4.78 is 28.0. The van der Waals surface area contributed by atoms with E-state index in [1.54, 1.807) is 18.2 Å². The summed E-state index contributed by atoms with van der Waals surface area (Å²) in [5.41, 5.74) is 3.72. The molecule has 144 valence electrons. The molecule has 7 nitrogen and oxygen atoms in total. The summed E-state index contributed by atoms with van der Waals surface area (Å²) in [5, 5.41) is 5.03. The molecule has 1 amide bonds. The van der Waals surface area contributed by atoms with Crippen molar-refractivity contribution in [1.82, 2.24) is 20.5 Å². The Hall–Kier alpha value is -2.26. The summed E-state index contributed by atoms with van der Waals surface area (Å²) >= 11 is 0. The Morgan fingerprint density at radius 1 is 1.00 bits per heavy atom. The van der Waals surface area contributed by atoms with Gasteiger partial charge in [-0.1, -0.05) is 48.5 Å². The highest BCUT2D eigenvalue weighted by Crippen LogP contribution is 2.11. The number of rotatable bonds is 7. The van der Waals surface area contributed by atoms with E-state index in [2.05, 4.69) is 15.5 Å². The van der Waals surface area contributed by atoms with Gasteiger partial charge in [0.15, 0.2) is 0 Å². The molecule has 2 aromatic carbocycles. The van der Waals surface area contributed by atoms with Crippen LogP contribution in [0.25, 0.3) is 0 Å². The number of hydrogen-bond acceptors (Lipinski definition) is 5. The summed E-state index contributed by atoms with van der Waals surface area (Å²) in [5.74, 6) is -0.361. The lowest BCUT2D eigenvalue weighted by Crippen LogP contribution is -2.57. The highest BCUT2D eigenvalue weighted by Gasteiger charge is 2.27. The molecule has 0 aliphatic carbocycles. The maximum absolute atomic E-state index is 12.8. The fourth-order valence-electron chi connectivity index (χ4n) is 2.90. The van der Waals surface area contributed by atoms with Gasteiger partial charge < -0.3 is 5.32 Å². The van der Waals surface area contributed by atoms with Gasteiger partial charge in [-0.15, -0.1) is 0 Å². The van der Waals surface area contributed by atoms with Crippen molar-refractivity contribution in [2.45, 2.75) is 17.4 Å². The number of amides is 1. The van der Waals surface area contributed by atoms with E-state index in [9.17, 15) is 13.2 Å². The van der Waals surface area contributed by atoms with Crippen molar-refractivity contribution in [2.75, 3.05) is 26.2 Å². The van der Waals surface area contributed by atoms with Crippen LogP contribution in [0.4, 0.5) is 0 Å². The van der Waals surface area contributed by atoms with Gasteiger partial charge in [0, 0.05) is 26.2 Å². The zero-order valence-electron chi connectivity index (χ0n) is 15.0. The monoisotopic (exact) mass is 388 g/mol. The summed E-state index contributed by atoms with van der Waals surface area (Å²) in [6, 6.07) is 16.5. The lowest BCUT2D eigenvalue weighted by molar-refractivity contribution is -0.127. The van der Waals surface area contributed by atoms with Crippen LogP contribution in [0.5, 0.6) is 0 Å². The molecule has 8 heteroatoms. The molecule has 1 atom stereocenters. The molecule has 0 radical (unpaired) electrons. The predicted molar refractivity (Wildman–Crippen MR) is 103 cm³/mol. The zero-order chi connectivity index (χ0) is 19.1. The van der Waals surface area contributed by atoms with Crippen LogP contribution < -0.4 is 15.5 Å². The molecule has 3 rings (SSSR count). The number of carbonyl (C=O) groups excluding carboxylic acids is 1. The van der Waals surface area contributed by atoms with Crippen LogP contribution in [0.1, 0.15) is 5.56 Å². The Morgan fingerprint density at radius 3 is 2.22 bits per heavy atom. The molecule has 0 aromatic heterocycles. The first-order chi connectivity index (χ1) is 13.0. The van der Waals surface area contributed by atoms with E-state index in [1.807, 2.05) is 35.3 Å². The van der Waals surface area contributed by atoms with Crippen LogP contribution in [-0.2, 0) is 21.2 Å². The van der Waals surface area contributed by atoms with E-state index < -0.39 is 16.1 Å². The fourth-order valence-corrected chi connectivity index (χ4v) is 4.12. The Morgan fingerprint density at radius 2 is 1.59 bits per heavy atom. The van der Waals surface area contributed by atoms with Gasteiger partial charge in [0.1, 0.15) is 6.04 Å². The fraction of sp³-hybridized carbons (Fsp3) is 0.316. The summed E-state index contributed by atoms with van der Waals surface area (Å²) in [6.07, 6.45) is 0.269. The summed E-state index contributed by atoms with van der Waals surface area (Å²) in [7, 11) is -3.81. The third kappa shape index (κ3) is 5.61. The minimum atomic E-state index is -3.81. The van der Waals surface area contributed by atoms with Gasteiger partial charge in [0.25, 0.3) is 5.91 Å². The van der Waals surface area contributed by atoms with Crippen LogP contribution in [0.15, 0.2) is 65.6 Å². The van der Waals surface area contributed by atoms with Crippen LogP contribution >= 0.6 is 0 Å². The normalized spacial score (nSPS) is 16.6. The summed E-state index contributed by atoms with van der Waals surface area (Å²) in [4.78, 5) is 13.0. The smallest absolute Gasteiger partial charge is 0.252 e. The molecule has 1 saturated heterocycles. The largest absolute Gasteiger partial charge is 0.314 e. The average molecular weight is 388 g/mol.